The van der Waals surface area contributed by atoms with Gasteiger partial charge in [0.1, 0.15) is 0 Å². The molecule has 0 saturated heterocycles. The van der Waals surface area contributed by atoms with E-state index in [4.69, 9.17) is 0 Å². The number of hydrogen-bond donors (Lipinski definition) is 4. The van der Waals surface area contributed by atoms with Crippen LogP contribution in [0, 0.1) is 22.7 Å². The van der Waals surface area contributed by atoms with Crippen molar-refractivity contribution in [2.45, 2.75) is 83.1 Å². The van der Waals surface area contributed by atoms with E-state index in [9.17, 15) is 20.4 Å². The number of fused-ring (bicyclic) bond motifs is 5. The van der Waals surface area contributed by atoms with E-state index in [2.05, 4.69) is 43.0 Å². The summed E-state index contributed by atoms with van der Waals surface area (Å²) in [4.78, 5) is 2.13. The van der Waals surface area contributed by atoms with Gasteiger partial charge in [0.25, 0.3) is 0 Å². The predicted molar refractivity (Wildman–Crippen MR) is 137 cm³/mol. The van der Waals surface area contributed by atoms with E-state index in [0.29, 0.717) is 31.5 Å². The summed E-state index contributed by atoms with van der Waals surface area (Å²) >= 11 is 0. The number of rotatable bonds is 7. The third-order valence-corrected chi connectivity index (χ3v) is 10.3. The van der Waals surface area contributed by atoms with Gasteiger partial charge in [-0.15, -0.1) is 0 Å². The topological polar surface area (TPSA) is 84.2 Å². The summed E-state index contributed by atoms with van der Waals surface area (Å²) in [6.07, 6.45) is 10.1. The van der Waals surface area contributed by atoms with Crippen molar-refractivity contribution >= 4 is 0 Å². The summed E-state index contributed by atoms with van der Waals surface area (Å²) in [6, 6.07) is 10.2. The fourth-order valence-electron chi connectivity index (χ4n) is 8.11. The van der Waals surface area contributed by atoms with Crippen molar-refractivity contribution in [3.8, 4) is 0 Å². The van der Waals surface area contributed by atoms with Gasteiger partial charge in [-0.3, -0.25) is 4.90 Å². The van der Waals surface area contributed by atoms with E-state index in [1.165, 1.54) is 11.1 Å². The quantitative estimate of drug-likeness (QED) is 0.476. The Labute approximate surface area is 210 Å². The molecule has 3 fully saturated rings. The standard InChI is InChI=1S/C30H43NO4/c1-28-13-10-23(33)16-22(28)8-9-25-26(28)11-14-29(2)27(25)12-15-30(29,35)20-31(18-24(34)19-32)17-21-6-4-3-5-7-21/h3-9,23-24,26-27,32-35H,10-20H2,1-2H3. The SMILES string of the molecule is CC12CCC(O)CC1=CC=C1C2CCC2(C)C1CCC2(O)CN(Cc1ccccc1)CC(O)CO. The number of allylic oxidation sites excluding steroid dienone is 3. The molecule has 0 bridgehead atoms. The zero-order valence-electron chi connectivity index (χ0n) is 21.4. The Morgan fingerprint density at radius 3 is 2.49 bits per heavy atom. The van der Waals surface area contributed by atoms with Gasteiger partial charge in [-0.2, -0.15) is 0 Å². The molecule has 0 spiro atoms. The van der Waals surface area contributed by atoms with Crippen molar-refractivity contribution < 1.29 is 20.4 Å². The van der Waals surface area contributed by atoms with Crippen molar-refractivity contribution in [1.82, 2.24) is 4.90 Å². The Bertz CT molecular complexity index is 976. The van der Waals surface area contributed by atoms with Gasteiger partial charge in [0.05, 0.1) is 24.4 Å². The van der Waals surface area contributed by atoms with Crippen LogP contribution in [-0.4, -0.2) is 62.8 Å². The molecule has 7 unspecified atom stereocenters. The molecule has 192 valence electrons. The van der Waals surface area contributed by atoms with Gasteiger partial charge in [-0.1, -0.05) is 67.5 Å². The Morgan fingerprint density at radius 1 is 1.00 bits per heavy atom. The van der Waals surface area contributed by atoms with Gasteiger partial charge in [-0.25, -0.2) is 0 Å². The summed E-state index contributed by atoms with van der Waals surface area (Å²) in [5, 5.41) is 42.3. The van der Waals surface area contributed by atoms with Gasteiger partial charge in [0.2, 0.25) is 0 Å². The third kappa shape index (κ3) is 4.34. The molecule has 0 radical (unpaired) electrons. The highest BCUT2D eigenvalue weighted by Crippen LogP contribution is 2.66. The molecule has 5 heteroatoms. The number of hydrogen-bond acceptors (Lipinski definition) is 5. The third-order valence-electron chi connectivity index (χ3n) is 10.3. The fourth-order valence-corrected chi connectivity index (χ4v) is 8.11. The minimum Gasteiger partial charge on any atom is -0.394 e. The molecule has 4 aliphatic rings. The lowest BCUT2D eigenvalue weighted by Gasteiger charge is -2.56. The van der Waals surface area contributed by atoms with Crippen LogP contribution < -0.4 is 0 Å². The fraction of sp³-hybridized carbons (Fsp3) is 0.667. The normalized spacial score (nSPS) is 39.3. The zero-order chi connectivity index (χ0) is 24.8. The van der Waals surface area contributed by atoms with Gasteiger partial charge >= 0.3 is 0 Å². The highest BCUT2D eigenvalue weighted by Gasteiger charge is 2.62. The van der Waals surface area contributed by atoms with Crippen LogP contribution in [0.3, 0.4) is 0 Å². The zero-order valence-corrected chi connectivity index (χ0v) is 21.4. The van der Waals surface area contributed by atoms with Crippen molar-refractivity contribution in [1.29, 1.82) is 0 Å². The second kappa shape index (κ2) is 9.42. The van der Waals surface area contributed by atoms with Crippen LogP contribution in [0.15, 0.2) is 53.6 Å². The number of nitrogens with zero attached hydrogens (tertiary/aromatic N) is 1. The van der Waals surface area contributed by atoms with Crippen LogP contribution in [0.1, 0.15) is 64.4 Å². The lowest BCUT2D eigenvalue weighted by atomic mass is 9.50. The summed E-state index contributed by atoms with van der Waals surface area (Å²) in [5.74, 6) is 0.862. The smallest absolute Gasteiger partial charge is 0.0897 e. The molecule has 3 saturated carbocycles. The van der Waals surface area contributed by atoms with E-state index in [1.54, 1.807) is 0 Å². The van der Waals surface area contributed by atoms with Crippen LogP contribution >= 0.6 is 0 Å². The average Bonchev–Trinajstić information content (AvgIpc) is 3.10. The van der Waals surface area contributed by atoms with Crippen LogP contribution in [0.4, 0.5) is 0 Å². The number of aliphatic hydroxyl groups excluding tert-OH is 3. The summed E-state index contributed by atoms with van der Waals surface area (Å²) in [5.41, 5.74) is 3.14. The lowest BCUT2D eigenvalue weighted by Crippen LogP contribution is -2.56. The van der Waals surface area contributed by atoms with Crippen molar-refractivity contribution in [3.05, 3.63) is 59.2 Å². The number of benzene rings is 1. The average molecular weight is 482 g/mol. The van der Waals surface area contributed by atoms with Gasteiger partial charge in [0, 0.05) is 25.0 Å². The maximum absolute atomic E-state index is 12.2. The maximum atomic E-state index is 12.2. The molecule has 5 rings (SSSR count). The summed E-state index contributed by atoms with van der Waals surface area (Å²) < 4.78 is 0. The van der Waals surface area contributed by atoms with E-state index < -0.39 is 11.7 Å². The van der Waals surface area contributed by atoms with Gasteiger partial charge < -0.3 is 20.4 Å². The second-order valence-corrected chi connectivity index (χ2v) is 12.3. The van der Waals surface area contributed by atoms with Gasteiger partial charge in [-0.05, 0) is 67.8 Å². The molecular formula is C30H43NO4. The lowest BCUT2D eigenvalue weighted by molar-refractivity contribution is -0.107. The molecule has 1 aromatic carbocycles. The predicted octanol–water partition coefficient (Wildman–Crippen LogP) is 3.82. The Balaban J connectivity index is 1.40. The number of aliphatic hydroxyl groups is 4. The first-order valence-corrected chi connectivity index (χ1v) is 13.6. The van der Waals surface area contributed by atoms with Crippen molar-refractivity contribution in [3.63, 3.8) is 0 Å². The molecule has 35 heavy (non-hydrogen) atoms. The molecule has 0 aliphatic heterocycles. The second-order valence-electron chi connectivity index (χ2n) is 12.3. The van der Waals surface area contributed by atoms with Crippen LogP contribution in [-0.2, 0) is 6.54 Å². The largest absolute Gasteiger partial charge is 0.394 e. The van der Waals surface area contributed by atoms with Crippen LogP contribution in [0.25, 0.3) is 0 Å². The Kier molecular flexibility index (Phi) is 6.77. The minimum atomic E-state index is -0.846. The van der Waals surface area contributed by atoms with E-state index in [0.717, 1.165) is 50.5 Å². The highest BCUT2D eigenvalue weighted by molar-refractivity contribution is 5.39. The molecule has 4 aliphatic carbocycles. The van der Waals surface area contributed by atoms with Gasteiger partial charge in [0.15, 0.2) is 0 Å². The molecule has 1 aromatic rings. The van der Waals surface area contributed by atoms with Crippen molar-refractivity contribution in [2.24, 2.45) is 22.7 Å². The summed E-state index contributed by atoms with van der Waals surface area (Å²) in [6.45, 7) is 5.89. The first kappa shape index (κ1) is 25.2. The molecular weight excluding hydrogens is 438 g/mol. The molecule has 7 atom stereocenters. The van der Waals surface area contributed by atoms with Crippen LogP contribution in [0.5, 0.6) is 0 Å². The maximum Gasteiger partial charge on any atom is 0.0897 e. The molecule has 0 aromatic heterocycles. The molecule has 0 amide bonds. The first-order chi connectivity index (χ1) is 16.7. The minimum absolute atomic E-state index is 0.135. The van der Waals surface area contributed by atoms with E-state index in [1.807, 2.05) is 18.2 Å². The molecule has 0 heterocycles. The first-order valence-electron chi connectivity index (χ1n) is 13.6. The molecule has 4 N–H and O–H groups in total. The highest BCUT2D eigenvalue weighted by atomic mass is 16.3. The summed E-state index contributed by atoms with van der Waals surface area (Å²) in [7, 11) is 0. The van der Waals surface area contributed by atoms with E-state index in [-0.39, 0.29) is 23.5 Å². The molecule has 5 nitrogen and oxygen atoms in total. The van der Waals surface area contributed by atoms with E-state index >= 15 is 0 Å². The Morgan fingerprint density at radius 2 is 1.74 bits per heavy atom. The van der Waals surface area contributed by atoms with Crippen LogP contribution in [0.2, 0.25) is 0 Å². The monoisotopic (exact) mass is 481 g/mol. The Hall–Kier alpha value is -1.50. The van der Waals surface area contributed by atoms with Crippen molar-refractivity contribution in [2.75, 3.05) is 19.7 Å².